The Hall–Kier alpha value is -3.65. The number of carbonyl (C=O) groups is 1. The minimum absolute atomic E-state index is 0.0878. The van der Waals surface area contributed by atoms with E-state index in [0.717, 1.165) is 67.3 Å². The lowest BCUT2D eigenvalue weighted by Crippen LogP contribution is -2.49. The van der Waals surface area contributed by atoms with E-state index in [1.54, 1.807) is 6.33 Å². The Morgan fingerprint density at radius 1 is 1.03 bits per heavy atom. The highest BCUT2D eigenvalue weighted by molar-refractivity contribution is 5.78. The van der Waals surface area contributed by atoms with Gasteiger partial charge in [-0.05, 0) is 68.0 Å². The number of ether oxygens (including phenoxy) is 1. The van der Waals surface area contributed by atoms with Crippen LogP contribution in [0.15, 0.2) is 60.9 Å². The first-order valence-corrected chi connectivity index (χ1v) is 14.3. The predicted octanol–water partition coefficient (Wildman–Crippen LogP) is 3.97. The van der Waals surface area contributed by atoms with Crippen molar-refractivity contribution in [2.24, 2.45) is 5.92 Å². The van der Waals surface area contributed by atoms with Crippen LogP contribution in [-0.4, -0.2) is 59.5 Å². The molecule has 1 saturated heterocycles. The summed E-state index contributed by atoms with van der Waals surface area (Å²) < 4.78 is 6.11. The molecule has 1 aliphatic carbocycles. The predicted molar refractivity (Wildman–Crippen MR) is 153 cm³/mol. The zero-order valence-electron chi connectivity index (χ0n) is 22.5. The van der Waals surface area contributed by atoms with Crippen LogP contribution in [0.2, 0.25) is 0 Å². The maximum atomic E-state index is 12.4. The summed E-state index contributed by atoms with van der Waals surface area (Å²) in [5, 5.41) is 3.18. The number of fused-ring (bicyclic) bond motifs is 1. The van der Waals surface area contributed by atoms with E-state index >= 15 is 0 Å². The summed E-state index contributed by atoms with van der Waals surface area (Å²) in [7, 11) is 0. The van der Waals surface area contributed by atoms with Crippen LogP contribution in [0.1, 0.15) is 54.7 Å². The molecule has 204 valence electrons. The van der Waals surface area contributed by atoms with Gasteiger partial charge in [-0.25, -0.2) is 9.97 Å². The first kappa shape index (κ1) is 25.6. The lowest BCUT2D eigenvalue weighted by atomic mass is 9.79. The molecule has 3 aliphatic rings. The summed E-state index contributed by atoms with van der Waals surface area (Å²) in [5.74, 6) is 3.07. The Balaban J connectivity index is 1.07. The Morgan fingerprint density at radius 2 is 1.85 bits per heavy atom. The molecule has 8 nitrogen and oxygen atoms in total. The monoisotopic (exact) mass is 526 g/mol. The highest BCUT2D eigenvalue weighted by atomic mass is 16.5. The smallest absolute Gasteiger partial charge is 0.234 e. The number of hydrogen-bond acceptors (Lipinski definition) is 7. The molecule has 3 N–H and O–H groups in total. The molecular weight excluding hydrogens is 488 g/mol. The van der Waals surface area contributed by atoms with Gasteiger partial charge in [-0.3, -0.25) is 9.69 Å². The SMILES string of the molecule is Nc1ncnc2c1C(c1cccc(OCc3ccccc3)c1)CN2[C@H]1C[C@H](CNC(=O)CN2CCCCC2)C1. The van der Waals surface area contributed by atoms with Gasteiger partial charge in [0.2, 0.25) is 5.91 Å². The van der Waals surface area contributed by atoms with E-state index in [4.69, 9.17) is 10.5 Å². The Bertz CT molecular complexity index is 1270. The van der Waals surface area contributed by atoms with Gasteiger partial charge in [-0.2, -0.15) is 0 Å². The molecule has 1 atom stereocenters. The summed E-state index contributed by atoms with van der Waals surface area (Å²) in [6, 6.07) is 18.9. The van der Waals surface area contributed by atoms with E-state index in [2.05, 4.69) is 49.4 Å². The van der Waals surface area contributed by atoms with E-state index in [1.807, 2.05) is 30.3 Å². The van der Waals surface area contributed by atoms with Crippen molar-refractivity contribution in [3.8, 4) is 5.75 Å². The molecule has 3 heterocycles. The summed E-state index contributed by atoms with van der Waals surface area (Å²) in [5.41, 5.74) is 9.73. The number of anilines is 2. The summed E-state index contributed by atoms with van der Waals surface area (Å²) >= 11 is 0. The van der Waals surface area contributed by atoms with E-state index in [-0.39, 0.29) is 11.8 Å². The van der Waals surface area contributed by atoms with Crippen LogP contribution in [0.25, 0.3) is 0 Å². The molecule has 2 aliphatic heterocycles. The Labute approximate surface area is 230 Å². The van der Waals surface area contributed by atoms with Gasteiger partial charge >= 0.3 is 0 Å². The minimum Gasteiger partial charge on any atom is -0.489 e. The van der Waals surface area contributed by atoms with Crippen molar-refractivity contribution in [1.29, 1.82) is 0 Å². The number of aromatic nitrogens is 2. The third-order valence-electron chi connectivity index (χ3n) is 8.46. The molecule has 39 heavy (non-hydrogen) atoms. The zero-order valence-corrected chi connectivity index (χ0v) is 22.5. The number of nitrogen functional groups attached to an aromatic ring is 1. The number of nitrogens with two attached hydrogens (primary N) is 1. The molecule has 2 fully saturated rings. The van der Waals surface area contributed by atoms with E-state index < -0.39 is 0 Å². The summed E-state index contributed by atoms with van der Waals surface area (Å²) in [4.78, 5) is 26.1. The standard InChI is InChI=1S/C31H38N6O2/c32-30-29-27(24-10-7-11-26(16-24)39-20-22-8-3-1-4-9-22)18-37(31(29)35-21-34-30)25-14-23(15-25)17-33-28(38)19-36-12-5-2-6-13-36/h1,3-4,7-11,16,21,23,25,27H,2,5-6,12-15,17-20H2,(H,33,38)(H2,32,34,35)/t23-,25-,27?. The van der Waals surface area contributed by atoms with Crippen molar-refractivity contribution in [1.82, 2.24) is 20.2 Å². The summed E-state index contributed by atoms with van der Waals surface area (Å²) in [6.07, 6.45) is 7.34. The molecule has 0 radical (unpaired) electrons. The fraction of sp³-hybridized carbons (Fsp3) is 0.452. The fourth-order valence-electron chi connectivity index (χ4n) is 6.25. The number of rotatable bonds is 9. The average molecular weight is 527 g/mol. The van der Waals surface area contributed by atoms with Crippen molar-refractivity contribution in [3.05, 3.63) is 77.6 Å². The van der Waals surface area contributed by atoms with Crippen LogP contribution in [0.5, 0.6) is 5.75 Å². The second-order valence-corrected chi connectivity index (χ2v) is 11.2. The van der Waals surface area contributed by atoms with Gasteiger partial charge in [0.25, 0.3) is 0 Å². The van der Waals surface area contributed by atoms with Crippen LogP contribution in [0.3, 0.4) is 0 Å². The first-order valence-electron chi connectivity index (χ1n) is 14.3. The van der Waals surface area contributed by atoms with Crippen molar-refractivity contribution < 1.29 is 9.53 Å². The maximum absolute atomic E-state index is 12.4. The number of hydrogen-bond donors (Lipinski definition) is 2. The fourth-order valence-corrected chi connectivity index (χ4v) is 6.25. The lowest BCUT2D eigenvalue weighted by Gasteiger charge is -2.42. The molecule has 1 amide bonds. The number of benzene rings is 2. The largest absolute Gasteiger partial charge is 0.489 e. The van der Waals surface area contributed by atoms with Gasteiger partial charge in [0.05, 0.1) is 6.54 Å². The highest BCUT2D eigenvalue weighted by Crippen LogP contribution is 2.46. The Kier molecular flexibility index (Phi) is 7.63. The molecule has 6 rings (SSSR count). The van der Waals surface area contributed by atoms with Crippen LogP contribution < -0.4 is 20.7 Å². The van der Waals surface area contributed by atoms with Gasteiger partial charge < -0.3 is 20.7 Å². The number of nitrogens with one attached hydrogen (secondary N) is 1. The van der Waals surface area contributed by atoms with Crippen molar-refractivity contribution in [2.45, 2.75) is 50.7 Å². The lowest BCUT2D eigenvalue weighted by molar-refractivity contribution is -0.122. The van der Waals surface area contributed by atoms with Crippen LogP contribution in [0.4, 0.5) is 11.6 Å². The van der Waals surface area contributed by atoms with Crippen LogP contribution >= 0.6 is 0 Å². The molecule has 2 aromatic carbocycles. The number of piperidine rings is 1. The van der Waals surface area contributed by atoms with Crippen molar-refractivity contribution in [2.75, 3.05) is 43.4 Å². The highest BCUT2D eigenvalue weighted by Gasteiger charge is 2.42. The number of likely N-dealkylation sites (tertiary alicyclic amines) is 1. The molecule has 1 aromatic heterocycles. The minimum atomic E-state index is 0.0878. The van der Waals surface area contributed by atoms with E-state index in [9.17, 15) is 4.79 Å². The maximum Gasteiger partial charge on any atom is 0.234 e. The Morgan fingerprint density at radius 3 is 2.67 bits per heavy atom. The van der Waals surface area contributed by atoms with E-state index in [0.29, 0.717) is 30.9 Å². The number of amides is 1. The van der Waals surface area contributed by atoms with Gasteiger partial charge in [0, 0.05) is 30.6 Å². The summed E-state index contributed by atoms with van der Waals surface area (Å²) in [6.45, 7) is 4.71. The number of nitrogens with zero attached hydrogens (tertiary/aromatic N) is 4. The quantitative estimate of drug-likeness (QED) is 0.436. The molecular formula is C31H38N6O2. The second-order valence-electron chi connectivity index (χ2n) is 11.2. The van der Waals surface area contributed by atoms with Gasteiger partial charge in [0.1, 0.15) is 30.3 Å². The van der Waals surface area contributed by atoms with Crippen molar-refractivity contribution in [3.63, 3.8) is 0 Å². The molecule has 1 saturated carbocycles. The van der Waals surface area contributed by atoms with Crippen LogP contribution in [-0.2, 0) is 11.4 Å². The van der Waals surface area contributed by atoms with Crippen LogP contribution in [0, 0.1) is 5.92 Å². The van der Waals surface area contributed by atoms with E-state index in [1.165, 1.54) is 19.3 Å². The second kappa shape index (κ2) is 11.6. The topological polar surface area (TPSA) is 96.6 Å². The third-order valence-corrected chi connectivity index (χ3v) is 8.46. The first-order chi connectivity index (χ1) is 19.1. The molecule has 1 unspecified atom stereocenters. The molecule has 8 heteroatoms. The third kappa shape index (κ3) is 5.86. The van der Waals surface area contributed by atoms with Gasteiger partial charge in [-0.1, -0.05) is 48.9 Å². The normalized spacial score (nSPS) is 22.7. The average Bonchev–Trinajstić information content (AvgIpc) is 3.33. The number of carbonyl (C=O) groups excluding carboxylic acids is 1. The molecule has 0 spiro atoms. The van der Waals surface area contributed by atoms with Crippen molar-refractivity contribution >= 4 is 17.5 Å². The molecule has 3 aromatic rings. The molecule has 0 bridgehead atoms. The zero-order chi connectivity index (χ0) is 26.6. The van der Waals surface area contributed by atoms with Gasteiger partial charge in [0.15, 0.2) is 0 Å². The van der Waals surface area contributed by atoms with Gasteiger partial charge in [-0.15, -0.1) is 0 Å².